The van der Waals surface area contributed by atoms with Crippen LogP contribution in [0.15, 0.2) is 60.8 Å². The maximum absolute atomic E-state index is 12.1. The average Bonchev–Trinajstić information content (AvgIpc) is 2.65. The summed E-state index contributed by atoms with van der Waals surface area (Å²) in [7, 11) is 1.53. The van der Waals surface area contributed by atoms with Gasteiger partial charge in [-0.05, 0) is 30.3 Å². The molecule has 0 saturated heterocycles. The van der Waals surface area contributed by atoms with Crippen molar-refractivity contribution in [1.29, 1.82) is 0 Å². The number of para-hydroxylation sites is 1. The van der Waals surface area contributed by atoms with Gasteiger partial charge < -0.3 is 9.47 Å². The molecular weight excluding hydrogens is 306 g/mol. The maximum atomic E-state index is 12.1. The summed E-state index contributed by atoms with van der Waals surface area (Å²) in [6, 6.07) is 15.7. The van der Waals surface area contributed by atoms with E-state index in [2.05, 4.69) is 4.98 Å². The van der Waals surface area contributed by atoms with Gasteiger partial charge in [0.05, 0.1) is 12.6 Å². The first kappa shape index (κ1) is 15.7. The van der Waals surface area contributed by atoms with E-state index in [0.717, 1.165) is 16.5 Å². The van der Waals surface area contributed by atoms with Crippen molar-refractivity contribution in [3.05, 3.63) is 71.9 Å². The average molecular weight is 321 g/mol. The minimum atomic E-state index is -0.895. The SMILES string of the molecule is COc1ccc(C(=O)C(=O)OCc2cccc3cccnc23)cc1. The molecule has 0 bridgehead atoms. The summed E-state index contributed by atoms with van der Waals surface area (Å²) in [5, 5.41) is 0.951. The molecule has 24 heavy (non-hydrogen) atoms. The maximum Gasteiger partial charge on any atom is 0.380 e. The fraction of sp³-hybridized carbons (Fsp3) is 0.105. The highest BCUT2D eigenvalue weighted by molar-refractivity contribution is 6.40. The van der Waals surface area contributed by atoms with Gasteiger partial charge in [0.1, 0.15) is 12.4 Å². The molecule has 5 nitrogen and oxygen atoms in total. The van der Waals surface area contributed by atoms with Crippen molar-refractivity contribution in [2.45, 2.75) is 6.61 Å². The molecule has 0 amide bonds. The molecule has 3 rings (SSSR count). The van der Waals surface area contributed by atoms with E-state index < -0.39 is 11.8 Å². The van der Waals surface area contributed by atoms with Crippen LogP contribution in [0, 0.1) is 0 Å². The Morgan fingerprint density at radius 3 is 2.50 bits per heavy atom. The number of rotatable bonds is 5. The topological polar surface area (TPSA) is 65.5 Å². The molecule has 0 unspecified atom stereocenters. The van der Waals surface area contributed by atoms with Gasteiger partial charge in [0.15, 0.2) is 0 Å². The van der Waals surface area contributed by atoms with Crippen LogP contribution in [0.5, 0.6) is 5.75 Å². The first-order chi connectivity index (χ1) is 11.7. The van der Waals surface area contributed by atoms with E-state index in [1.165, 1.54) is 19.2 Å². The fourth-order valence-corrected chi connectivity index (χ4v) is 2.35. The highest BCUT2D eigenvalue weighted by Gasteiger charge is 2.18. The molecule has 1 heterocycles. The molecular formula is C19H15NO4. The lowest BCUT2D eigenvalue weighted by Crippen LogP contribution is -2.17. The first-order valence-corrected chi connectivity index (χ1v) is 7.37. The molecule has 0 spiro atoms. The number of hydrogen-bond acceptors (Lipinski definition) is 5. The number of Topliss-reactive ketones (excluding diaryl/α,β-unsaturated/α-hetero) is 1. The predicted molar refractivity (Wildman–Crippen MR) is 88.9 cm³/mol. The smallest absolute Gasteiger partial charge is 0.380 e. The summed E-state index contributed by atoms with van der Waals surface area (Å²) in [6.07, 6.45) is 1.68. The zero-order valence-electron chi connectivity index (χ0n) is 13.1. The minimum Gasteiger partial charge on any atom is -0.497 e. The molecule has 1 aromatic heterocycles. The first-order valence-electron chi connectivity index (χ1n) is 7.37. The summed E-state index contributed by atoms with van der Waals surface area (Å²) < 4.78 is 10.2. The van der Waals surface area contributed by atoms with E-state index >= 15 is 0 Å². The molecule has 0 aliphatic carbocycles. The highest BCUT2D eigenvalue weighted by Crippen LogP contribution is 2.17. The second-order valence-corrected chi connectivity index (χ2v) is 5.13. The number of esters is 1. The van der Waals surface area contributed by atoms with Gasteiger partial charge in [-0.3, -0.25) is 9.78 Å². The highest BCUT2D eigenvalue weighted by atomic mass is 16.5. The Balaban J connectivity index is 1.71. The third kappa shape index (κ3) is 3.25. The number of fused-ring (bicyclic) bond motifs is 1. The third-order valence-corrected chi connectivity index (χ3v) is 3.61. The van der Waals surface area contributed by atoms with Crippen LogP contribution in [-0.4, -0.2) is 23.8 Å². The number of methoxy groups -OCH3 is 1. The Kier molecular flexibility index (Phi) is 4.52. The molecule has 0 fully saturated rings. The van der Waals surface area contributed by atoms with Crippen molar-refractivity contribution in [2.75, 3.05) is 7.11 Å². The van der Waals surface area contributed by atoms with Crippen LogP contribution in [0.1, 0.15) is 15.9 Å². The van der Waals surface area contributed by atoms with Crippen LogP contribution in [0.25, 0.3) is 10.9 Å². The van der Waals surface area contributed by atoms with Crippen LogP contribution >= 0.6 is 0 Å². The lowest BCUT2D eigenvalue weighted by Gasteiger charge is -2.07. The summed E-state index contributed by atoms with van der Waals surface area (Å²) >= 11 is 0. The van der Waals surface area contributed by atoms with Gasteiger partial charge in [-0.1, -0.05) is 24.3 Å². The van der Waals surface area contributed by atoms with E-state index in [4.69, 9.17) is 9.47 Å². The normalized spacial score (nSPS) is 10.4. The Hall–Kier alpha value is -3.21. The van der Waals surface area contributed by atoms with Crippen molar-refractivity contribution >= 4 is 22.7 Å². The van der Waals surface area contributed by atoms with E-state index in [9.17, 15) is 9.59 Å². The Morgan fingerprint density at radius 2 is 1.75 bits per heavy atom. The number of aromatic nitrogens is 1. The van der Waals surface area contributed by atoms with Crippen LogP contribution in [0.4, 0.5) is 0 Å². The lowest BCUT2D eigenvalue weighted by atomic mass is 10.1. The minimum absolute atomic E-state index is 0.00488. The zero-order chi connectivity index (χ0) is 16.9. The summed E-state index contributed by atoms with van der Waals surface area (Å²) in [5.74, 6) is -0.972. The number of ketones is 1. The Morgan fingerprint density at radius 1 is 1.00 bits per heavy atom. The number of hydrogen-bond donors (Lipinski definition) is 0. The molecule has 0 aliphatic heterocycles. The van der Waals surface area contributed by atoms with Crippen molar-refractivity contribution in [1.82, 2.24) is 4.98 Å². The summed E-state index contributed by atoms with van der Waals surface area (Å²) in [6.45, 7) is -0.00488. The molecule has 5 heteroatoms. The number of carbonyl (C=O) groups is 2. The van der Waals surface area contributed by atoms with Gasteiger partial charge in [0.25, 0.3) is 5.78 Å². The van der Waals surface area contributed by atoms with E-state index in [0.29, 0.717) is 5.75 Å². The Bertz CT molecular complexity index is 882. The molecule has 0 atom stereocenters. The van der Waals surface area contributed by atoms with Crippen molar-refractivity contribution in [2.24, 2.45) is 0 Å². The van der Waals surface area contributed by atoms with E-state index in [-0.39, 0.29) is 12.2 Å². The van der Waals surface area contributed by atoms with Gasteiger partial charge in [-0.25, -0.2) is 4.79 Å². The van der Waals surface area contributed by atoms with Crippen molar-refractivity contribution in [3.63, 3.8) is 0 Å². The van der Waals surface area contributed by atoms with Gasteiger partial charge in [0, 0.05) is 22.7 Å². The molecule has 0 radical (unpaired) electrons. The van der Waals surface area contributed by atoms with E-state index in [1.807, 2.05) is 30.3 Å². The van der Waals surface area contributed by atoms with Crippen LogP contribution in [0.2, 0.25) is 0 Å². The molecule has 0 aliphatic rings. The number of nitrogens with zero attached hydrogens (tertiary/aromatic N) is 1. The lowest BCUT2D eigenvalue weighted by molar-refractivity contribution is -0.139. The number of benzene rings is 2. The van der Waals surface area contributed by atoms with Crippen molar-refractivity contribution < 1.29 is 19.1 Å². The van der Waals surface area contributed by atoms with Gasteiger partial charge in [-0.2, -0.15) is 0 Å². The number of ether oxygens (including phenoxy) is 2. The molecule has 2 aromatic carbocycles. The van der Waals surface area contributed by atoms with Crippen LogP contribution in [-0.2, 0) is 16.1 Å². The summed E-state index contributed by atoms with van der Waals surface area (Å²) in [4.78, 5) is 28.4. The van der Waals surface area contributed by atoms with Crippen molar-refractivity contribution in [3.8, 4) is 5.75 Å². The van der Waals surface area contributed by atoms with Gasteiger partial charge >= 0.3 is 5.97 Å². The molecule has 120 valence electrons. The zero-order valence-corrected chi connectivity index (χ0v) is 13.1. The van der Waals surface area contributed by atoms with Crippen LogP contribution < -0.4 is 4.74 Å². The largest absolute Gasteiger partial charge is 0.497 e. The summed E-state index contributed by atoms with van der Waals surface area (Å²) in [5.41, 5.74) is 1.77. The standard InChI is InChI=1S/C19H15NO4/c1-23-16-9-7-14(8-10-16)18(21)19(22)24-12-15-5-2-4-13-6-3-11-20-17(13)15/h2-11H,12H2,1H3. The molecule has 0 saturated carbocycles. The molecule has 3 aromatic rings. The quantitative estimate of drug-likeness (QED) is 0.410. The van der Waals surface area contributed by atoms with Gasteiger partial charge in [0.2, 0.25) is 0 Å². The second-order valence-electron chi connectivity index (χ2n) is 5.13. The third-order valence-electron chi connectivity index (χ3n) is 3.61. The number of carbonyl (C=O) groups excluding carboxylic acids is 2. The predicted octanol–water partition coefficient (Wildman–Crippen LogP) is 3.17. The van der Waals surface area contributed by atoms with Crippen LogP contribution in [0.3, 0.4) is 0 Å². The Labute approximate surface area is 138 Å². The monoisotopic (exact) mass is 321 g/mol. The number of pyridine rings is 1. The molecule has 0 N–H and O–H groups in total. The second kappa shape index (κ2) is 6.91. The van der Waals surface area contributed by atoms with E-state index in [1.54, 1.807) is 18.3 Å². The fourth-order valence-electron chi connectivity index (χ4n) is 2.35. The van der Waals surface area contributed by atoms with Gasteiger partial charge in [-0.15, -0.1) is 0 Å².